The average Bonchev–Trinajstić information content (AvgIpc) is 2.26. The van der Waals surface area contributed by atoms with Crippen LogP contribution in [0.1, 0.15) is 11.1 Å². The quantitative estimate of drug-likeness (QED) is 0.706. The lowest BCUT2D eigenvalue weighted by Gasteiger charge is -2.10. The number of halogens is 1. The van der Waals surface area contributed by atoms with Crippen LogP contribution in [0.15, 0.2) is 31.4 Å². The summed E-state index contributed by atoms with van der Waals surface area (Å²) >= 11 is 0. The average molecular weight is 223 g/mol. The molecule has 1 amide bonds. The fourth-order valence-corrected chi connectivity index (χ4v) is 1.08. The maximum atomic E-state index is 13.1. The molecule has 0 unspecified atom stereocenters. The molecule has 0 aliphatic rings. The Kier molecular flexibility index (Phi) is 6.08. The summed E-state index contributed by atoms with van der Waals surface area (Å²) in [7, 11) is 3.37. The number of rotatable bonds is 2. The number of carbonyl (C=O) groups excluding carboxylic acids is 1. The first kappa shape index (κ1) is 14.4. The van der Waals surface area contributed by atoms with Crippen LogP contribution in [-0.4, -0.2) is 24.9 Å². The molecule has 0 aliphatic carbocycles. The molecule has 1 aromatic rings. The van der Waals surface area contributed by atoms with Gasteiger partial charge in [-0.05, 0) is 24.1 Å². The molecule has 0 bridgehead atoms. The maximum absolute atomic E-state index is 13.1. The van der Waals surface area contributed by atoms with Crippen LogP contribution in [0.4, 0.5) is 4.39 Å². The van der Waals surface area contributed by atoms with Gasteiger partial charge in [0.1, 0.15) is 5.82 Å². The second-order valence-corrected chi connectivity index (χ2v) is 3.55. The molecule has 0 fully saturated rings. The van der Waals surface area contributed by atoms with Crippen LogP contribution in [0.2, 0.25) is 0 Å². The monoisotopic (exact) mass is 223 g/mol. The molecule has 1 rings (SSSR count). The Balaban J connectivity index is 0.00000106. The third-order valence-electron chi connectivity index (χ3n) is 2.09. The number of amides is 1. The van der Waals surface area contributed by atoms with E-state index in [-0.39, 0.29) is 18.1 Å². The first-order chi connectivity index (χ1) is 7.50. The molecule has 0 heterocycles. The first-order valence-electron chi connectivity index (χ1n) is 4.96. The molecule has 1 aromatic carbocycles. The van der Waals surface area contributed by atoms with Gasteiger partial charge < -0.3 is 4.90 Å². The highest BCUT2D eigenvalue weighted by atomic mass is 19.1. The zero-order valence-corrected chi connectivity index (χ0v) is 10.1. The van der Waals surface area contributed by atoms with E-state index in [0.29, 0.717) is 11.1 Å². The van der Waals surface area contributed by atoms with Crippen molar-refractivity contribution in [2.24, 2.45) is 0 Å². The molecule has 0 N–H and O–H groups in total. The van der Waals surface area contributed by atoms with Gasteiger partial charge in [-0.25, -0.2) is 4.39 Å². The lowest BCUT2D eigenvalue weighted by molar-refractivity contribution is -0.127. The minimum absolute atomic E-state index is 0.0201. The Hall–Kier alpha value is -1.64. The predicted octanol–water partition coefficient (Wildman–Crippen LogP) is 2.57. The SMILES string of the molecule is C=C.Cc1ccc(CC(=O)N(C)C)cc1F. The highest BCUT2D eigenvalue weighted by Crippen LogP contribution is 2.10. The van der Waals surface area contributed by atoms with E-state index >= 15 is 0 Å². The molecule has 3 heteroatoms. The third kappa shape index (κ3) is 4.26. The zero-order valence-electron chi connectivity index (χ0n) is 10.1. The minimum atomic E-state index is -0.256. The fourth-order valence-electron chi connectivity index (χ4n) is 1.08. The van der Waals surface area contributed by atoms with Crippen LogP contribution < -0.4 is 0 Å². The number of carbonyl (C=O) groups is 1. The number of nitrogens with zero attached hydrogens (tertiary/aromatic N) is 1. The number of aryl methyl sites for hydroxylation is 1. The lowest BCUT2D eigenvalue weighted by Crippen LogP contribution is -2.23. The summed E-state index contributed by atoms with van der Waals surface area (Å²) in [6.07, 6.45) is 0.254. The smallest absolute Gasteiger partial charge is 0.226 e. The van der Waals surface area contributed by atoms with Gasteiger partial charge in [-0.15, -0.1) is 13.2 Å². The Labute approximate surface area is 96.4 Å². The van der Waals surface area contributed by atoms with Gasteiger partial charge in [0.2, 0.25) is 5.91 Å². The van der Waals surface area contributed by atoms with E-state index in [2.05, 4.69) is 13.2 Å². The number of hydrogen-bond donors (Lipinski definition) is 0. The molecule has 0 saturated carbocycles. The highest BCUT2D eigenvalue weighted by molar-refractivity contribution is 5.78. The van der Waals surface area contributed by atoms with Gasteiger partial charge in [0.25, 0.3) is 0 Å². The third-order valence-corrected chi connectivity index (χ3v) is 2.09. The summed E-state index contributed by atoms with van der Waals surface area (Å²) < 4.78 is 13.1. The maximum Gasteiger partial charge on any atom is 0.226 e. The van der Waals surface area contributed by atoms with E-state index in [1.807, 2.05) is 0 Å². The summed E-state index contributed by atoms with van der Waals surface area (Å²) in [5, 5.41) is 0. The second-order valence-electron chi connectivity index (χ2n) is 3.55. The molecule has 2 nitrogen and oxygen atoms in total. The number of benzene rings is 1. The topological polar surface area (TPSA) is 20.3 Å². The van der Waals surface area contributed by atoms with Gasteiger partial charge in [-0.3, -0.25) is 4.79 Å². The summed E-state index contributed by atoms with van der Waals surface area (Å²) in [6, 6.07) is 4.88. The summed E-state index contributed by atoms with van der Waals surface area (Å²) in [6.45, 7) is 7.70. The molecule has 88 valence electrons. The van der Waals surface area contributed by atoms with Crippen LogP contribution in [0.3, 0.4) is 0 Å². The Morgan fingerprint density at radius 2 is 1.94 bits per heavy atom. The van der Waals surface area contributed by atoms with E-state index in [1.54, 1.807) is 33.2 Å². The second kappa shape index (κ2) is 6.77. The summed E-state index contributed by atoms with van der Waals surface area (Å²) in [5.41, 5.74) is 1.32. The number of likely N-dealkylation sites (N-methyl/N-ethyl adjacent to an activating group) is 1. The lowest BCUT2D eigenvalue weighted by atomic mass is 10.1. The Bertz CT molecular complexity index is 361. The largest absolute Gasteiger partial charge is 0.349 e. The van der Waals surface area contributed by atoms with Crippen LogP contribution >= 0.6 is 0 Å². The van der Waals surface area contributed by atoms with Gasteiger partial charge in [-0.2, -0.15) is 0 Å². The van der Waals surface area contributed by atoms with E-state index in [0.717, 1.165) is 0 Å². The van der Waals surface area contributed by atoms with E-state index in [4.69, 9.17) is 0 Å². The van der Waals surface area contributed by atoms with Gasteiger partial charge in [0.05, 0.1) is 6.42 Å². The van der Waals surface area contributed by atoms with E-state index in [1.165, 1.54) is 11.0 Å². The molecule has 0 atom stereocenters. The van der Waals surface area contributed by atoms with E-state index in [9.17, 15) is 9.18 Å². The van der Waals surface area contributed by atoms with Crippen molar-refractivity contribution in [3.05, 3.63) is 48.3 Å². The Morgan fingerprint density at radius 1 is 1.38 bits per heavy atom. The fraction of sp³-hybridized carbons (Fsp3) is 0.308. The van der Waals surface area contributed by atoms with Crippen molar-refractivity contribution >= 4 is 5.91 Å². The summed E-state index contributed by atoms with van der Waals surface area (Å²) in [4.78, 5) is 12.8. The van der Waals surface area contributed by atoms with Crippen molar-refractivity contribution in [1.82, 2.24) is 4.90 Å². The van der Waals surface area contributed by atoms with Crippen molar-refractivity contribution in [2.75, 3.05) is 14.1 Å². The Morgan fingerprint density at radius 3 is 2.38 bits per heavy atom. The van der Waals surface area contributed by atoms with Crippen molar-refractivity contribution in [3.63, 3.8) is 0 Å². The first-order valence-corrected chi connectivity index (χ1v) is 4.96. The molecule has 0 spiro atoms. The standard InChI is InChI=1S/C11H14FNO.C2H4/c1-8-4-5-9(6-10(8)12)7-11(14)13(2)3;1-2/h4-6H,7H2,1-3H3;1-2H2. The molecule has 0 aliphatic heterocycles. The summed E-state index contributed by atoms with van der Waals surface area (Å²) in [5.74, 6) is -0.276. The molecule has 0 radical (unpaired) electrons. The van der Waals surface area contributed by atoms with Gasteiger partial charge in [0, 0.05) is 14.1 Å². The van der Waals surface area contributed by atoms with Crippen LogP contribution in [-0.2, 0) is 11.2 Å². The number of hydrogen-bond acceptors (Lipinski definition) is 1. The van der Waals surface area contributed by atoms with Crippen molar-refractivity contribution in [2.45, 2.75) is 13.3 Å². The van der Waals surface area contributed by atoms with Crippen LogP contribution in [0.5, 0.6) is 0 Å². The molecular weight excluding hydrogens is 205 g/mol. The van der Waals surface area contributed by atoms with Crippen molar-refractivity contribution in [3.8, 4) is 0 Å². The van der Waals surface area contributed by atoms with Gasteiger partial charge in [0.15, 0.2) is 0 Å². The molecule has 0 aromatic heterocycles. The molecule has 0 saturated heterocycles. The molecular formula is C13H18FNO. The van der Waals surface area contributed by atoms with Crippen molar-refractivity contribution < 1.29 is 9.18 Å². The zero-order chi connectivity index (χ0) is 12.7. The normalized spacial score (nSPS) is 9.00. The van der Waals surface area contributed by atoms with Gasteiger partial charge >= 0.3 is 0 Å². The van der Waals surface area contributed by atoms with Crippen LogP contribution in [0.25, 0.3) is 0 Å². The van der Waals surface area contributed by atoms with E-state index < -0.39 is 0 Å². The highest BCUT2D eigenvalue weighted by Gasteiger charge is 2.06. The van der Waals surface area contributed by atoms with Crippen molar-refractivity contribution in [1.29, 1.82) is 0 Å². The van der Waals surface area contributed by atoms with Crippen LogP contribution in [0, 0.1) is 12.7 Å². The predicted molar refractivity (Wildman–Crippen MR) is 64.8 cm³/mol. The minimum Gasteiger partial charge on any atom is -0.349 e. The molecule has 16 heavy (non-hydrogen) atoms. The van der Waals surface area contributed by atoms with Gasteiger partial charge in [-0.1, -0.05) is 12.1 Å².